The van der Waals surface area contributed by atoms with Gasteiger partial charge in [-0.3, -0.25) is 0 Å². The Labute approximate surface area is 168 Å². The minimum atomic E-state index is -0.193. The predicted octanol–water partition coefficient (Wildman–Crippen LogP) is 5.13. The van der Waals surface area contributed by atoms with E-state index in [1.165, 1.54) is 25.7 Å². The van der Waals surface area contributed by atoms with Gasteiger partial charge in [-0.05, 0) is 76.0 Å². The van der Waals surface area contributed by atoms with Gasteiger partial charge in [-0.2, -0.15) is 0 Å². The second-order valence-corrected chi connectivity index (χ2v) is 9.54. The van der Waals surface area contributed by atoms with Gasteiger partial charge in [-0.15, -0.1) is 0 Å². The number of rotatable bonds is 11. The van der Waals surface area contributed by atoms with Gasteiger partial charge in [0.2, 0.25) is 0 Å². The van der Waals surface area contributed by atoms with Crippen molar-refractivity contribution in [1.82, 2.24) is 0 Å². The molecule has 0 N–H and O–H groups in total. The van der Waals surface area contributed by atoms with Gasteiger partial charge in [0.15, 0.2) is 0 Å². The summed E-state index contributed by atoms with van der Waals surface area (Å²) in [5, 5.41) is 0. The lowest BCUT2D eigenvalue weighted by atomic mass is 9.94. The summed E-state index contributed by atoms with van der Waals surface area (Å²) in [5.41, 5.74) is 1.62. The number of hydrogen-bond acceptors (Lipinski definition) is 4. The zero-order chi connectivity index (χ0) is 19.8. The van der Waals surface area contributed by atoms with Gasteiger partial charge in [0.1, 0.15) is 0 Å². The van der Waals surface area contributed by atoms with Crippen LogP contribution >= 0.6 is 0 Å². The average molecular weight is 387 g/mol. The van der Waals surface area contributed by atoms with Crippen LogP contribution in [0.25, 0.3) is 0 Å². The summed E-state index contributed by atoms with van der Waals surface area (Å²) in [6.45, 7) is 8.97. The second-order valence-electron chi connectivity index (χ2n) is 9.54. The Morgan fingerprint density at radius 2 is 1.18 bits per heavy atom. The van der Waals surface area contributed by atoms with Crippen molar-refractivity contribution in [1.29, 1.82) is 0 Å². The molecule has 0 aromatic heterocycles. The summed E-state index contributed by atoms with van der Waals surface area (Å²) in [6.07, 6.45) is 13.0. The van der Waals surface area contributed by atoms with Gasteiger partial charge in [0, 0.05) is 22.0 Å². The van der Waals surface area contributed by atoms with E-state index in [2.05, 4.69) is 13.2 Å². The molecule has 0 heterocycles. The average Bonchev–Trinajstić information content (AvgIpc) is 3.50. The van der Waals surface area contributed by atoms with Gasteiger partial charge in [-0.25, -0.2) is 9.59 Å². The third kappa shape index (κ3) is 3.55. The van der Waals surface area contributed by atoms with Crippen LogP contribution in [0.3, 0.4) is 0 Å². The van der Waals surface area contributed by atoms with Crippen LogP contribution in [0, 0.1) is 22.7 Å². The second kappa shape index (κ2) is 7.68. The SMILES string of the molecule is C=C(C(=O)OCCCCCCOC(=O)C(=C)C12CCCC1C2)C12CCCC1C2. The summed E-state index contributed by atoms with van der Waals surface area (Å²) in [4.78, 5) is 24.4. The summed E-state index contributed by atoms with van der Waals surface area (Å²) in [6, 6.07) is 0. The molecule has 4 atom stereocenters. The molecule has 28 heavy (non-hydrogen) atoms. The van der Waals surface area contributed by atoms with Crippen molar-refractivity contribution in [2.24, 2.45) is 22.7 Å². The van der Waals surface area contributed by atoms with E-state index in [-0.39, 0.29) is 22.8 Å². The van der Waals surface area contributed by atoms with E-state index in [1.54, 1.807) is 0 Å². The van der Waals surface area contributed by atoms with Gasteiger partial charge < -0.3 is 9.47 Å². The molecule has 4 unspecified atom stereocenters. The van der Waals surface area contributed by atoms with Crippen LogP contribution in [0.1, 0.15) is 77.0 Å². The summed E-state index contributed by atoms with van der Waals surface area (Å²) < 4.78 is 10.8. The molecule has 4 saturated carbocycles. The molecule has 0 spiro atoms. The molecule has 4 rings (SSSR count). The van der Waals surface area contributed by atoms with Crippen molar-refractivity contribution in [2.75, 3.05) is 13.2 Å². The Hall–Kier alpha value is -1.58. The molecular weight excluding hydrogens is 352 g/mol. The largest absolute Gasteiger partial charge is 0.462 e. The third-order valence-electron chi connectivity index (χ3n) is 8.01. The highest BCUT2D eigenvalue weighted by molar-refractivity contribution is 5.90. The molecular formula is C24H34O4. The van der Waals surface area contributed by atoms with Crippen LogP contribution in [-0.2, 0) is 19.1 Å². The standard InChI is InChI=1S/C24H34O4/c1-17(23-11-7-9-19(23)15-23)21(25)27-13-5-3-4-6-14-28-22(26)18(2)24-12-8-10-20(24)16-24/h19-20H,1-16H2. The minimum Gasteiger partial charge on any atom is -0.462 e. The zero-order valence-corrected chi connectivity index (χ0v) is 17.1. The lowest BCUT2D eigenvalue weighted by Gasteiger charge is -2.15. The van der Waals surface area contributed by atoms with Crippen molar-refractivity contribution < 1.29 is 19.1 Å². The molecule has 154 valence electrons. The first-order chi connectivity index (χ1) is 13.5. The molecule has 4 nitrogen and oxygen atoms in total. The molecule has 4 aliphatic rings. The van der Waals surface area contributed by atoms with E-state index in [4.69, 9.17) is 9.47 Å². The topological polar surface area (TPSA) is 52.6 Å². The highest BCUT2D eigenvalue weighted by Gasteiger charge is 2.60. The van der Waals surface area contributed by atoms with E-state index in [1.807, 2.05) is 0 Å². The van der Waals surface area contributed by atoms with E-state index in [9.17, 15) is 9.59 Å². The molecule has 0 aliphatic heterocycles. The lowest BCUT2D eigenvalue weighted by molar-refractivity contribution is -0.141. The number of hydrogen-bond donors (Lipinski definition) is 0. The van der Waals surface area contributed by atoms with Crippen LogP contribution in [0.5, 0.6) is 0 Å². The molecule has 0 saturated heterocycles. The summed E-state index contributed by atoms with van der Waals surface area (Å²) >= 11 is 0. The van der Waals surface area contributed by atoms with E-state index < -0.39 is 0 Å². The Kier molecular flexibility index (Phi) is 5.41. The lowest BCUT2D eigenvalue weighted by Crippen LogP contribution is -2.17. The van der Waals surface area contributed by atoms with Crippen molar-refractivity contribution >= 4 is 11.9 Å². The number of carbonyl (C=O) groups excluding carboxylic acids is 2. The molecule has 4 fully saturated rings. The Bertz CT molecular complexity index is 622. The molecule has 4 aliphatic carbocycles. The normalized spacial score (nSPS) is 34.3. The first-order valence-electron chi connectivity index (χ1n) is 11.2. The number of carbonyl (C=O) groups is 2. The fourth-order valence-corrected chi connectivity index (χ4v) is 5.97. The van der Waals surface area contributed by atoms with Crippen molar-refractivity contribution in [3.63, 3.8) is 0 Å². The first kappa shape index (κ1) is 19.7. The van der Waals surface area contributed by atoms with Gasteiger partial charge in [-0.1, -0.05) is 26.0 Å². The van der Waals surface area contributed by atoms with Crippen LogP contribution in [0.4, 0.5) is 0 Å². The quantitative estimate of drug-likeness (QED) is 0.281. The number of ether oxygens (including phenoxy) is 2. The Morgan fingerprint density at radius 3 is 1.50 bits per heavy atom. The molecule has 0 amide bonds. The predicted molar refractivity (Wildman–Crippen MR) is 107 cm³/mol. The summed E-state index contributed by atoms with van der Waals surface area (Å²) in [5.74, 6) is 0.985. The zero-order valence-electron chi connectivity index (χ0n) is 17.1. The summed E-state index contributed by atoms with van der Waals surface area (Å²) in [7, 11) is 0. The first-order valence-corrected chi connectivity index (χ1v) is 11.2. The van der Waals surface area contributed by atoms with Crippen LogP contribution in [0.2, 0.25) is 0 Å². The molecule has 0 aromatic rings. The van der Waals surface area contributed by atoms with E-state index in [0.717, 1.165) is 51.4 Å². The highest BCUT2D eigenvalue weighted by Crippen LogP contribution is 2.68. The Morgan fingerprint density at radius 1 is 0.750 bits per heavy atom. The van der Waals surface area contributed by atoms with Gasteiger partial charge in [0.05, 0.1) is 13.2 Å². The van der Waals surface area contributed by atoms with E-state index >= 15 is 0 Å². The number of unbranched alkanes of at least 4 members (excludes halogenated alkanes) is 3. The molecule has 0 aromatic carbocycles. The van der Waals surface area contributed by atoms with Crippen LogP contribution < -0.4 is 0 Å². The van der Waals surface area contributed by atoms with Crippen molar-refractivity contribution in [2.45, 2.75) is 77.0 Å². The monoisotopic (exact) mass is 386 g/mol. The van der Waals surface area contributed by atoms with Crippen LogP contribution in [-0.4, -0.2) is 25.2 Å². The molecule has 4 heteroatoms. The van der Waals surface area contributed by atoms with Crippen molar-refractivity contribution in [3.8, 4) is 0 Å². The Balaban J connectivity index is 1.02. The van der Waals surface area contributed by atoms with Gasteiger partial charge >= 0.3 is 11.9 Å². The maximum atomic E-state index is 12.2. The smallest absolute Gasteiger partial charge is 0.333 e. The highest BCUT2D eigenvalue weighted by atomic mass is 16.5. The third-order valence-corrected chi connectivity index (χ3v) is 8.01. The number of fused-ring (bicyclic) bond motifs is 2. The van der Waals surface area contributed by atoms with Crippen molar-refractivity contribution in [3.05, 3.63) is 24.3 Å². The maximum absolute atomic E-state index is 12.2. The van der Waals surface area contributed by atoms with E-state index in [0.29, 0.717) is 36.2 Å². The number of esters is 2. The fraction of sp³-hybridized carbons (Fsp3) is 0.750. The molecule has 0 bridgehead atoms. The van der Waals surface area contributed by atoms with Gasteiger partial charge in [0.25, 0.3) is 0 Å². The fourth-order valence-electron chi connectivity index (χ4n) is 5.97. The minimum absolute atomic E-state index is 0.101. The molecule has 0 radical (unpaired) electrons. The van der Waals surface area contributed by atoms with Crippen LogP contribution in [0.15, 0.2) is 24.3 Å². The maximum Gasteiger partial charge on any atom is 0.333 e.